The van der Waals surface area contributed by atoms with E-state index in [4.69, 9.17) is 4.74 Å². The van der Waals surface area contributed by atoms with Gasteiger partial charge in [-0.25, -0.2) is 0 Å². The first-order valence-electron chi connectivity index (χ1n) is 13.2. The third-order valence-corrected chi connectivity index (χ3v) is 7.34. The van der Waals surface area contributed by atoms with Crippen molar-refractivity contribution in [2.75, 3.05) is 13.1 Å². The van der Waals surface area contributed by atoms with Gasteiger partial charge < -0.3 is 9.84 Å². The summed E-state index contributed by atoms with van der Waals surface area (Å²) < 4.78 is 6.03. The zero-order valence-corrected chi connectivity index (χ0v) is 22.1. The molecule has 190 valence electrons. The SMILES string of the molecule is CC(C)(C)Oc1ccc(C2(O)CCCN(C(c3ccccc3)(c3ccccc3)c3ccccc3)C2)cc1. The Bertz CT molecular complexity index is 1180. The van der Waals surface area contributed by atoms with Crippen molar-refractivity contribution < 1.29 is 9.84 Å². The fourth-order valence-corrected chi connectivity index (χ4v) is 5.83. The Kier molecular flexibility index (Phi) is 6.94. The molecule has 5 rings (SSSR count). The van der Waals surface area contributed by atoms with Gasteiger partial charge in [0, 0.05) is 6.54 Å². The van der Waals surface area contributed by atoms with E-state index in [2.05, 4.69) is 95.9 Å². The second-order valence-corrected chi connectivity index (χ2v) is 11.1. The quantitative estimate of drug-likeness (QED) is 0.291. The average Bonchev–Trinajstić information content (AvgIpc) is 2.91. The molecule has 0 aliphatic carbocycles. The number of likely N-dealkylation sites (tertiary alicyclic amines) is 1. The van der Waals surface area contributed by atoms with Crippen LogP contribution in [0.3, 0.4) is 0 Å². The highest BCUT2D eigenvalue weighted by atomic mass is 16.5. The second-order valence-electron chi connectivity index (χ2n) is 11.1. The van der Waals surface area contributed by atoms with Gasteiger partial charge in [-0.15, -0.1) is 0 Å². The van der Waals surface area contributed by atoms with E-state index in [1.165, 1.54) is 16.7 Å². The van der Waals surface area contributed by atoms with Gasteiger partial charge in [0.05, 0.1) is 5.54 Å². The van der Waals surface area contributed by atoms with Gasteiger partial charge in [0.1, 0.15) is 17.0 Å². The van der Waals surface area contributed by atoms with Gasteiger partial charge in [-0.2, -0.15) is 0 Å². The number of nitrogens with zero attached hydrogens (tertiary/aromatic N) is 1. The smallest absolute Gasteiger partial charge is 0.120 e. The fourth-order valence-electron chi connectivity index (χ4n) is 5.83. The summed E-state index contributed by atoms with van der Waals surface area (Å²) in [6.45, 7) is 7.54. The van der Waals surface area contributed by atoms with E-state index in [1.807, 2.05) is 45.0 Å². The summed E-state index contributed by atoms with van der Waals surface area (Å²) in [7, 11) is 0. The standard InChI is InChI=1S/C34H37NO2/c1-32(2,3)37-31-22-20-27(21-23-31)33(36)24-13-25-35(26-33)34(28-14-7-4-8-15-28,29-16-9-5-10-17-29)30-18-11-6-12-19-30/h4-12,14-23,36H,13,24-26H2,1-3H3. The molecule has 1 N–H and O–H groups in total. The van der Waals surface area contributed by atoms with Crippen LogP contribution in [-0.4, -0.2) is 28.7 Å². The maximum atomic E-state index is 12.2. The molecular weight excluding hydrogens is 454 g/mol. The predicted octanol–water partition coefficient (Wildman–Crippen LogP) is 7.14. The molecule has 4 aromatic rings. The van der Waals surface area contributed by atoms with E-state index in [9.17, 15) is 5.11 Å². The normalized spacial score (nSPS) is 18.9. The summed E-state index contributed by atoms with van der Waals surface area (Å²) in [4.78, 5) is 2.48. The highest BCUT2D eigenvalue weighted by molar-refractivity contribution is 5.50. The van der Waals surface area contributed by atoms with Crippen LogP contribution in [0.5, 0.6) is 5.75 Å². The lowest BCUT2D eigenvalue weighted by Crippen LogP contribution is -2.56. The molecule has 1 aliphatic rings. The van der Waals surface area contributed by atoms with Gasteiger partial charge in [-0.3, -0.25) is 4.90 Å². The summed E-state index contributed by atoms with van der Waals surface area (Å²) in [5.74, 6) is 0.819. The average molecular weight is 492 g/mol. The van der Waals surface area contributed by atoms with Crippen LogP contribution in [0.15, 0.2) is 115 Å². The van der Waals surface area contributed by atoms with Crippen LogP contribution in [0.25, 0.3) is 0 Å². The molecule has 1 heterocycles. The Balaban J connectivity index is 1.61. The van der Waals surface area contributed by atoms with E-state index >= 15 is 0 Å². The monoisotopic (exact) mass is 491 g/mol. The van der Waals surface area contributed by atoms with Crippen LogP contribution in [0.1, 0.15) is 55.9 Å². The predicted molar refractivity (Wildman–Crippen MR) is 151 cm³/mol. The third kappa shape index (κ3) is 5.07. The summed E-state index contributed by atoms with van der Waals surface area (Å²) in [6.07, 6.45) is 1.61. The topological polar surface area (TPSA) is 32.7 Å². The molecule has 4 aromatic carbocycles. The van der Waals surface area contributed by atoms with E-state index in [0.717, 1.165) is 30.7 Å². The molecule has 0 amide bonds. The van der Waals surface area contributed by atoms with Gasteiger partial charge in [0.2, 0.25) is 0 Å². The minimum atomic E-state index is -0.970. The molecule has 1 unspecified atom stereocenters. The molecule has 1 saturated heterocycles. The van der Waals surface area contributed by atoms with Crippen molar-refractivity contribution in [3.05, 3.63) is 138 Å². The van der Waals surface area contributed by atoms with Crippen molar-refractivity contribution in [1.29, 1.82) is 0 Å². The maximum absolute atomic E-state index is 12.2. The van der Waals surface area contributed by atoms with Crippen LogP contribution >= 0.6 is 0 Å². The van der Waals surface area contributed by atoms with Gasteiger partial charge >= 0.3 is 0 Å². The van der Waals surface area contributed by atoms with Crippen LogP contribution in [-0.2, 0) is 11.1 Å². The van der Waals surface area contributed by atoms with E-state index in [-0.39, 0.29) is 5.60 Å². The molecule has 0 radical (unpaired) electrons. The van der Waals surface area contributed by atoms with Gasteiger partial charge in [0.25, 0.3) is 0 Å². The molecule has 3 heteroatoms. The number of aliphatic hydroxyl groups is 1. The summed E-state index contributed by atoms with van der Waals surface area (Å²) in [5, 5.41) is 12.2. The maximum Gasteiger partial charge on any atom is 0.120 e. The first-order chi connectivity index (χ1) is 17.8. The Hall–Kier alpha value is -3.40. The molecular formula is C34H37NO2. The van der Waals surface area contributed by atoms with Crippen molar-refractivity contribution >= 4 is 0 Å². The number of benzene rings is 4. The number of rotatable bonds is 6. The van der Waals surface area contributed by atoms with Crippen LogP contribution in [0.4, 0.5) is 0 Å². The summed E-state index contributed by atoms with van der Waals surface area (Å²) >= 11 is 0. The molecule has 3 nitrogen and oxygen atoms in total. The van der Waals surface area contributed by atoms with E-state index < -0.39 is 11.1 Å². The summed E-state index contributed by atoms with van der Waals surface area (Å²) in [5.41, 5.74) is 2.76. The van der Waals surface area contributed by atoms with Crippen molar-refractivity contribution in [3.8, 4) is 5.75 Å². The molecule has 0 aromatic heterocycles. The number of hydrogen-bond donors (Lipinski definition) is 1. The zero-order valence-electron chi connectivity index (χ0n) is 22.1. The van der Waals surface area contributed by atoms with Crippen molar-refractivity contribution in [3.63, 3.8) is 0 Å². The van der Waals surface area contributed by atoms with Crippen molar-refractivity contribution in [1.82, 2.24) is 4.90 Å². The first kappa shape index (κ1) is 25.3. The van der Waals surface area contributed by atoms with Gasteiger partial charge in [-0.05, 0) is 74.5 Å². The Morgan fingerprint density at radius 2 is 1.14 bits per heavy atom. The molecule has 0 saturated carbocycles. The third-order valence-electron chi connectivity index (χ3n) is 7.34. The summed E-state index contributed by atoms with van der Waals surface area (Å²) in [6, 6.07) is 40.2. The molecule has 1 fully saturated rings. The Morgan fingerprint density at radius 1 is 0.676 bits per heavy atom. The van der Waals surface area contributed by atoms with Crippen molar-refractivity contribution in [2.45, 2.75) is 50.4 Å². The minimum Gasteiger partial charge on any atom is -0.488 e. The zero-order chi connectivity index (χ0) is 25.9. The molecule has 1 aliphatic heterocycles. The molecule has 1 atom stereocenters. The number of piperidine rings is 1. The first-order valence-corrected chi connectivity index (χ1v) is 13.2. The molecule has 0 spiro atoms. The lowest BCUT2D eigenvalue weighted by Gasteiger charge is -2.51. The second kappa shape index (κ2) is 10.2. The van der Waals surface area contributed by atoms with Crippen LogP contribution < -0.4 is 4.74 Å². The van der Waals surface area contributed by atoms with E-state index in [0.29, 0.717) is 6.54 Å². The number of ether oxygens (including phenoxy) is 1. The van der Waals surface area contributed by atoms with Gasteiger partial charge in [0.15, 0.2) is 0 Å². The molecule has 0 bridgehead atoms. The van der Waals surface area contributed by atoms with Crippen LogP contribution in [0.2, 0.25) is 0 Å². The lowest BCUT2D eigenvalue weighted by atomic mass is 9.73. The highest BCUT2D eigenvalue weighted by Crippen LogP contribution is 2.46. The van der Waals surface area contributed by atoms with Crippen molar-refractivity contribution in [2.24, 2.45) is 0 Å². The van der Waals surface area contributed by atoms with Gasteiger partial charge in [-0.1, -0.05) is 103 Å². The largest absolute Gasteiger partial charge is 0.488 e. The fraction of sp³-hybridized carbons (Fsp3) is 0.294. The number of hydrogen-bond acceptors (Lipinski definition) is 3. The van der Waals surface area contributed by atoms with E-state index in [1.54, 1.807) is 0 Å². The highest BCUT2D eigenvalue weighted by Gasteiger charge is 2.47. The lowest BCUT2D eigenvalue weighted by molar-refractivity contribution is -0.0582. The Morgan fingerprint density at radius 3 is 1.57 bits per heavy atom. The Labute approximate surface area is 221 Å². The molecule has 37 heavy (non-hydrogen) atoms. The van der Waals surface area contributed by atoms with Crippen LogP contribution in [0, 0.1) is 0 Å². The minimum absolute atomic E-state index is 0.263. The number of β-amino-alcohol motifs (C(OH)–C–C–N with tert-alkyl or cyclic N) is 1.